The largest absolute Gasteiger partial charge is 0.332 e. The van der Waals surface area contributed by atoms with Crippen molar-refractivity contribution in [3.8, 4) is 16.9 Å². The quantitative estimate of drug-likeness (QED) is 0.443. The van der Waals surface area contributed by atoms with E-state index in [-0.39, 0.29) is 29.9 Å². The molecular weight excluding hydrogens is 464 g/mol. The Kier molecular flexibility index (Phi) is 5.32. The van der Waals surface area contributed by atoms with Gasteiger partial charge in [0.25, 0.3) is 5.91 Å². The highest BCUT2D eigenvalue weighted by molar-refractivity contribution is 5.97. The van der Waals surface area contributed by atoms with Crippen molar-refractivity contribution in [3.63, 3.8) is 0 Å². The van der Waals surface area contributed by atoms with Gasteiger partial charge in [-0.15, -0.1) is 0 Å². The lowest BCUT2D eigenvalue weighted by Gasteiger charge is -2.44. The summed E-state index contributed by atoms with van der Waals surface area (Å²) in [5.41, 5.74) is 3.82. The van der Waals surface area contributed by atoms with Gasteiger partial charge in [0.05, 0.1) is 17.4 Å². The first-order valence-corrected chi connectivity index (χ1v) is 11.6. The Morgan fingerprint density at radius 3 is 2.58 bits per heavy atom. The van der Waals surface area contributed by atoms with Gasteiger partial charge in [-0.1, -0.05) is 24.3 Å². The van der Waals surface area contributed by atoms with Crippen molar-refractivity contribution < 1.29 is 18.4 Å². The SMILES string of the molecule is O=C(c1cc(-c2ccncc2)n(-c2ccc(F)c(F)c2)n1)N1CC(=O)N2CCc3ccccc3C2C1. The van der Waals surface area contributed by atoms with Crippen LogP contribution < -0.4 is 0 Å². The van der Waals surface area contributed by atoms with Gasteiger partial charge in [0.2, 0.25) is 5.91 Å². The summed E-state index contributed by atoms with van der Waals surface area (Å²) in [5.74, 6) is -2.50. The van der Waals surface area contributed by atoms with Crippen molar-refractivity contribution >= 4 is 11.8 Å². The van der Waals surface area contributed by atoms with Crippen molar-refractivity contribution in [2.24, 2.45) is 0 Å². The first-order valence-electron chi connectivity index (χ1n) is 11.6. The van der Waals surface area contributed by atoms with Gasteiger partial charge in [-0.25, -0.2) is 13.5 Å². The zero-order chi connectivity index (χ0) is 24.8. The van der Waals surface area contributed by atoms with Crippen LogP contribution in [-0.2, 0) is 11.2 Å². The molecule has 0 bridgehead atoms. The lowest BCUT2D eigenvalue weighted by atomic mass is 9.90. The molecule has 1 fully saturated rings. The molecule has 7 nitrogen and oxygen atoms in total. The summed E-state index contributed by atoms with van der Waals surface area (Å²) >= 11 is 0. The standard InChI is InChI=1S/C27H21F2N5O2/c28-21-6-5-19(13-22(21)29)34-24(18-7-10-30-11-8-18)14-23(31-34)27(36)32-15-25-20-4-2-1-3-17(20)9-12-33(25)26(35)16-32/h1-8,10-11,13-14,25H,9,12,15-16H2. The normalized spacial score (nSPS) is 17.1. The van der Waals surface area contributed by atoms with Crippen LogP contribution in [0.2, 0.25) is 0 Å². The van der Waals surface area contributed by atoms with Crippen LogP contribution in [0.5, 0.6) is 0 Å². The number of piperazine rings is 1. The van der Waals surface area contributed by atoms with E-state index in [1.165, 1.54) is 21.2 Å². The Labute approximate surface area is 205 Å². The highest BCUT2D eigenvalue weighted by atomic mass is 19.2. The van der Waals surface area contributed by atoms with Crippen LogP contribution in [0.4, 0.5) is 8.78 Å². The van der Waals surface area contributed by atoms with E-state index in [4.69, 9.17) is 0 Å². The van der Waals surface area contributed by atoms with E-state index < -0.39 is 17.5 Å². The number of rotatable bonds is 3. The van der Waals surface area contributed by atoms with Crippen LogP contribution in [-0.4, -0.2) is 56.0 Å². The number of benzene rings is 2. The average Bonchev–Trinajstić information content (AvgIpc) is 3.36. The van der Waals surface area contributed by atoms with Gasteiger partial charge in [0, 0.05) is 37.1 Å². The molecule has 9 heteroatoms. The number of aromatic nitrogens is 3. The maximum absolute atomic E-state index is 14.0. The molecule has 36 heavy (non-hydrogen) atoms. The zero-order valence-electron chi connectivity index (χ0n) is 19.1. The summed E-state index contributed by atoms with van der Waals surface area (Å²) in [6.07, 6.45) is 3.98. The topological polar surface area (TPSA) is 71.3 Å². The number of amides is 2. The van der Waals surface area contributed by atoms with Crippen LogP contribution in [0.3, 0.4) is 0 Å². The number of hydrogen-bond donors (Lipinski definition) is 0. The van der Waals surface area contributed by atoms with Crippen LogP contribution in [0.15, 0.2) is 73.1 Å². The van der Waals surface area contributed by atoms with Gasteiger partial charge >= 0.3 is 0 Å². The molecule has 2 aliphatic rings. The average molecular weight is 485 g/mol. The third-order valence-corrected chi connectivity index (χ3v) is 6.79. The molecule has 0 radical (unpaired) electrons. The smallest absolute Gasteiger partial charge is 0.274 e. The Morgan fingerprint density at radius 2 is 1.78 bits per heavy atom. The van der Waals surface area contributed by atoms with Crippen LogP contribution in [0.1, 0.15) is 27.7 Å². The molecule has 2 aromatic carbocycles. The van der Waals surface area contributed by atoms with Crippen molar-refractivity contribution in [3.05, 3.63) is 102 Å². The van der Waals surface area contributed by atoms with Crippen LogP contribution in [0.25, 0.3) is 16.9 Å². The van der Waals surface area contributed by atoms with Crippen molar-refractivity contribution in [2.45, 2.75) is 12.5 Å². The van der Waals surface area contributed by atoms with Gasteiger partial charge in [0.15, 0.2) is 17.3 Å². The summed E-state index contributed by atoms with van der Waals surface area (Å²) in [6.45, 7) is 0.934. The Bertz CT molecular complexity index is 1490. The maximum atomic E-state index is 14.0. The van der Waals surface area contributed by atoms with E-state index in [1.54, 1.807) is 30.6 Å². The van der Waals surface area contributed by atoms with Crippen molar-refractivity contribution in [2.75, 3.05) is 19.6 Å². The monoisotopic (exact) mass is 485 g/mol. The number of halogens is 2. The zero-order valence-corrected chi connectivity index (χ0v) is 19.1. The number of nitrogens with zero attached hydrogens (tertiary/aromatic N) is 5. The second kappa shape index (κ2) is 8.67. The van der Waals surface area contributed by atoms with Gasteiger partial charge < -0.3 is 9.80 Å². The van der Waals surface area contributed by atoms with E-state index in [2.05, 4.69) is 16.1 Å². The lowest BCUT2D eigenvalue weighted by molar-refractivity contribution is -0.139. The fraction of sp³-hybridized carbons (Fsp3) is 0.185. The van der Waals surface area contributed by atoms with E-state index >= 15 is 0 Å². The van der Waals surface area contributed by atoms with E-state index in [9.17, 15) is 18.4 Å². The third kappa shape index (κ3) is 3.73. The molecule has 0 saturated carbocycles. The molecule has 1 unspecified atom stereocenters. The minimum atomic E-state index is -1.02. The lowest BCUT2D eigenvalue weighted by Crippen LogP contribution is -2.55. The Hall–Kier alpha value is -4.40. The summed E-state index contributed by atoms with van der Waals surface area (Å²) < 4.78 is 29.0. The molecule has 1 atom stereocenters. The maximum Gasteiger partial charge on any atom is 0.274 e. The van der Waals surface area contributed by atoms with Gasteiger partial charge in [-0.2, -0.15) is 5.10 Å². The fourth-order valence-corrected chi connectivity index (χ4v) is 5.02. The van der Waals surface area contributed by atoms with Gasteiger partial charge in [-0.3, -0.25) is 14.6 Å². The second-order valence-corrected chi connectivity index (χ2v) is 8.90. The van der Waals surface area contributed by atoms with Crippen LogP contribution >= 0.6 is 0 Å². The Balaban J connectivity index is 1.38. The Morgan fingerprint density at radius 1 is 0.972 bits per heavy atom. The fourth-order valence-electron chi connectivity index (χ4n) is 5.02. The minimum Gasteiger partial charge on any atom is -0.332 e. The van der Waals surface area contributed by atoms with Gasteiger partial charge in [-0.05, 0) is 47.9 Å². The van der Waals surface area contributed by atoms with Crippen molar-refractivity contribution in [1.82, 2.24) is 24.6 Å². The molecule has 180 valence electrons. The predicted octanol–water partition coefficient (Wildman–Crippen LogP) is 3.79. The summed E-state index contributed by atoms with van der Waals surface area (Å²) in [7, 11) is 0. The van der Waals surface area contributed by atoms with Gasteiger partial charge in [0.1, 0.15) is 6.54 Å². The van der Waals surface area contributed by atoms with Crippen LogP contribution in [0, 0.1) is 11.6 Å². The molecule has 2 amide bonds. The number of fused-ring (bicyclic) bond motifs is 3. The first-order chi connectivity index (χ1) is 17.5. The first kappa shape index (κ1) is 22.1. The molecule has 6 rings (SSSR count). The van der Waals surface area contributed by atoms with Crippen molar-refractivity contribution in [1.29, 1.82) is 0 Å². The molecule has 2 aromatic heterocycles. The summed E-state index contributed by atoms with van der Waals surface area (Å²) in [6, 6.07) is 16.3. The highest BCUT2D eigenvalue weighted by Gasteiger charge is 2.39. The highest BCUT2D eigenvalue weighted by Crippen LogP contribution is 2.34. The molecule has 4 heterocycles. The molecule has 4 aromatic rings. The number of hydrogen-bond acceptors (Lipinski definition) is 4. The number of carbonyl (C=O) groups is 2. The number of carbonyl (C=O) groups excluding carboxylic acids is 2. The third-order valence-electron chi connectivity index (χ3n) is 6.79. The predicted molar refractivity (Wildman–Crippen MR) is 127 cm³/mol. The summed E-state index contributed by atoms with van der Waals surface area (Å²) in [4.78, 5) is 34.0. The molecular formula is C27H21F2N5O2. The summed E-state index contributed by atoms with van der Waals surface area (Å²) in [5, 5.41) is 4.47. The molecule has 0 spiro atoms. The minimum absolute atomic E-state index is 0.0415. The molecule has 2 aliphatic heterocycles. The van der Waals surface area contributed by atoms with E-state index in [1.807, 2.05) is 23.1 Å². The molecule has 0 N–H and O–H groups in total. The van der Waals surface area contributed by atoms with E-state index in [0.29, 0.717) is 24.3 Å². The number of pyridine rings is 1. The molecule has 1 saturated heterocycles. The van der Waals surface area contributed by atoms with E-state index in [0.717, 1.165) is 24.1 Å². The second-order valence-electron chi connectivity index (χ2n) is 8.90. The molecule has 0 aliphatic carbocycles.